The summed E-state index contributed by atoms with van der Waals surface area (Å²) >= 11 is 12.6. The number of rotatable bonds is 5. The molecule has 3 rings (SSSR count). The Balaban J connectivity index is 2.09. The van der Waals surface area contributed by atoms with Crippen molar-refractivity contribution in [2.75, 3.05) is 33.3 Å². The van der Waals surface area contributed by atoms with Crippen molar-refractivity contribution in [1.29, 1.82) is 0 Å². The number of carbonyl (C=O) groups excluding carboxylic acids is 2. The molecule has 0 saturated carbocycles. The Morgan fingerprint density at radius 3 is 2.64 bits per heavy atom. The van der Waals surface area contributed by atoms with Gasteiger partial charge in [-0.3, -0.25) is 9.80 Å². The zero-order chi connectivity index (χ0) is 20.3. The number of likely N-dealkylation sites (N-methyl/N-ethyl adjacent to an activating group) is 1. The summed E-state index contributed by atoms with van der Waals surface area (Å²) in [4.78, 5) is 29.4. The maximum absolute atomic E-state index is 12.9. The minimum absolute atomic E-state index is 0.243. The maximum Gasteiger partial charge on any atom is 0.338 e. The topological polar surface area (TPSA) is 61.9 Å². The van der Waals surface area contributed by atoms with E-state index in [2.05, 4.69) is 10.2 Å². The second-order valence-electron chi connectivity index (χ2n) is 7.00. The van der Waals surface area contributed by atoms with Crippen molar-refractivity contribution in [3.05, 3.63) is 45.1 Å². The summed E-state index contributed by atoms with van der Waals surface area (Å²) in [7, 11) is 1.67. The molecule has 2 aliphatic heterocycles. The predicted molar refractivity (Wildman–Crippen MR) is 109 cm³/mol. The third-order valence-corrected chi connectivity index (χ3v) is 6.02. The minimum atomic E-state index is -0.714. The van der Waals surface area contributed by atoms with E-state index in [1.54, 1.807) is 32.2 Å². The third-order valence-electron chi connectivity index (χ3n) is 5.19. The number of urea groups is 1. The molecule has 1 aromatic carbocycles. The molecule has 2 heterocycles. The molecule has 1 fully saturated rings. The molecule has 2 aliphatic rings. The van der Waals surface area contributed by atoms with Gasteiger partial charge in [0, 0.05) is 19.3 Å². The van der Waals surface area contributed by atoms with E-state index < -0.39 is 12.0 Å². The number of halogens is 2. The summed E-state index contributed by atoms with van der Waals surface area (Å²) in [6.45, 7) is 4.39. The van der Waals surface area contributed by atoms with Gasteiger partial charge in [-0.2, -0.15) is 0 Å². The molecule has 1 saturated heterocycles. The van der Waals surface area contributed by atoms with Crippen molar-refractivity contribution in [1.82, 2.24) is 15.1 Å². The number of nitrogens with zero attached hydrogens (tertiary/aromatic N) is 2. The van der Waals surface area contributed by atoms with Crippen LogP contribution in [-0.2, 0) is 9.53 Å². The molecule has 28 heavy (non-hydrogen) atoms. The van der Waals surface area contributed by atoms with Crippen molar-refractivity contribution in [2.24, 2.45) is 0 Å². The maximum atomic E-state index is 12.9. The number of nitrogens with one attached hydrogen (secondary N) is 1. The van der Waals surface area contributed by atoms with Gasteiger partial charge in [-0.05, 0) is 44.5 Å². The highest BCUT2D eigenvalue weighted by Crippen LogP contribution is 2.37. The first-order valence-electron chi connectivity index (χ1n) is 9.54. The average molecular weight is 426 g/mol. The van der Waals surface area contributed by atoms with Crippen molar-refractivity contribution >= 4 is 35.2 Å². The number of piperidine rings is 1. The van der Waals surface area contributed by atoms with Crippen LogP contribution in [0.15, 0.2) is 29.5 Å². The smallest absolute Gasteiger partial charge is 0.338 e. The zero-order valence-corrected chi connectivity index (χ0v) is 17.6. The summed E-state index contributed by atoms with van der Waals surface area (Å²) in [6.07, 6.45) is 3.43. The summed E-state index contributed by atoms with van der Waals surface area (Å²) < 4.78 is 5.34. The molecule has 0 aliphatic carbocycles. The van der Waals surface area contributed by atoms with Crippen LogP contribution in [0.5, 0.6) is 0 Å². The first kappa shape index (κ1) is 21.0. The van der Waals surface area contributed by atoms with E-state index in [1.807, 2.05) is 0 Å². The van der Waals surface area contributed by atoms with Gasteiger partial charge < -0.3 is 10.1 Å². The van der Waals surface area contributed by atoms with E-state index in [4.69, 9.17) is 27.9 Å². The van der Waals surface area contributed by atoms with Crippen molar-refractivity contribution in [3.63, 3.8) is 0 Å². The van der Waals surface area contributed by atoms with Crippen LogP contribution in [0.3, 0.4) is 0 Å². The van der Waals surface area contributed by atoms with Gasteiger partial charge in [-0.15, -0.1) is 0 Å². The number of amides is 2. The van der Waals surface area contributed by atoms with Gasteiger partial charge in [0.1, 0.15) is 0 Å². The van der Waals surface area contributed by atoms with E-state index >= 15 is 0 Å². The number of benzene rings is 1. The molecule has 0 radical (unpaired) electrons. The fourth-order valence-electron chi connectivity index (χ4n) is 3.70. The van der Waals surface area contributed by atoms with E-state index in [-0.39, 0.29) is 12.6 Å². The Morgan fingerprint density at radius 1 is 1.25 bits per heavy atom. The highest BCUT2D eigenvalue weighted by molar-refractivity contribution is 6.42. The summed E-state index contributed by atoms with van der Waals surface area (Å²) in [5.41, 5.74) is 1.62. The zero-order valence-electron chi connectivity index (χ0n) is 16.1. The Hall–Kier alpha value is -1.76. The fourth-order valence-corrected chi connectivity index (χ4v) is 4.12. The van der Waals surface area contributed by atoms with Gasteiger partial charge in [0.05, 0.1) is 28.3 Å². The highest BCUT2D eigenvalue weighted by Gasteiger charge is 2.38. The molecular formula is C20H25Cl2N3O3. The third kappa shape index (κ3) is 4.29. The Bertz CT molecular complexity index is 791. The Labute approximate surface area is 175 Å². The average Bonchev–Trinajstić information content (AvgIpc) is 2.68. The minimum Gasteiger partial charge on any atom is -0.463 e. The molecule has 1 N–H and O–H groups in total. The molecule has 6 nitrogen and oxygen atoms in total. The number of esters is 1. The number of carbonyl (C=O) groups is 2. The lowest BCUT2D eigenvalue weighted by molar-refractivity contribution is -0.139. The molecule has 0 aromatic heterocycles. The van der Waals surface area contributed by atoms with Crippen molar-refractivity contribution in [2.45, 2.75) is 32.2 Å². The second-order valence-corrected chi connectivity index (χ2v) is 7.79. The monoisotopic (exact) mass is 425 g/mol. The lowest BCUT2D eigenvalue weighted by Crippen LogP contribution is -2.49. The first-order valence-corrected chi connectivity index (χ1v) is 10.3. The van der Waals surface area contributed by atoms with Gasteiger partial charge in [-0.25, -0.2) is 9.59 Å². The van der Waals surface area contributed by atoms with Crippen LogP contribution >= 0.6 is 23.2 Å². The summed E-state index contributed by atoms with van der Waals surface area (Å²) in [6, 6.07) is 4.19. The largest absolute Gasteiger partial charge is 0.463 e. The Kier molecular flexibility index (Phi) is 6.86. The standard InChI is InChI=1S/C20H25Cl2N3O3/c1-3-28-19(26)16-15(12-25-10-5-4-6-11-25)24(2)20(27)23-18(16)13-8-7-9-14(21)17(13)22/h7-9,18H,3-6,10-12H2,1-2H3,(H,23,27). The molecule has 8 heteroatoms. The lowest BCUT2D eigenvalue weighted by Gasteiger charge is -2.37. The van der Waals surface area contributed by atoms with Gasteiger partial charge >= 0.3 is 12.0 Å². The lowest BCUT2D eigenvalue weighted by atomic mass is 9.94. The highest BCUT2D eigenvalue weighted by atomic mass is 35.5. The molecule has 0 bridgehead atoms. The molecular weight excluding hydrogens is 401 g/mol. The molecule has 1 unspecified atom stereocenters. The van der Waals surface area contributed by atoms with Crippen LogP contribution in [0.1, 0.15) is 37.8 Å². The quantitative estimate of drug-likeness (QED) is 0.724. The van der Waals surface area contributed by atoms with Gasteiger partial charge in [0.15, 0.2) is 0 Å². The van der Waals surface area contributed by atoms with Crippen LogP contribution in [0, 0.1) is 0 Å². The number of hydrogen-bond acceptors (Lipinski definition) is 4. The molecule has 0 spiro atoms. The first-order chi connectivity index (χ1) is 13.4. The van der Waals surface area contributed by atoms with Crippen LogP contribution < -0.4 is 5.32 Å². The van der Waals surface area contributed by atoms with E-state index in [0.717, 1.165) is 25.9 Å². The number of likely N-dealkylation sites (tertiary alicyclic amines) is 1. The molecule has 2 amide bonds. The van der Waals surface area contributed by atoms with Gasteiger partial charge in [-0.1, -0.05) is 41.8 Å². The summed E-state index contributed by atoms with van der Waals surface area (Å²) in [5, 5.41) is 3.56. The van der Waals surface area contributed by atoms with Crippen LogP contribution in [0.25, 0.3) is 0 Å². The normalized spacial score (nSPS) is 20.9. The van der Waals surface area contributed by atoms with Gasteiger partial charge in [0.25, 0.3) is 0 Å². The van der Waals surface area contributed by atoms with E-state index in [0.29, 0.717) is 33.4 Å². The number of hydrogen-bond donors (Lipinski definition) is 1. The molecule has 1 atom stereocenters. The number of ether oxygens (including phenoxy) is 1. The van der Waals surface area contributed by atoms with Crippen LogP contribution in [0.2, 0.25) is 10.0 Å². The summed E-state index contributed by atoms with van der Waals surface area (Å²) in [5.74, 6) is -0.456. The van der Waals surface area contributed by atoms with Crippen molar-refractivity contribution < 1.29 is 14.3 Å². The SMILES string of the molecule is CCOC(=O)C1=C(CN2CCCCC2)N(C)C(=O)NC1c1cccc(Cl)c1Cl. The van der Waals surface area contributed by atoms with Crippen LogP contribution in [0.4, 0.5) is 4.79 Å². The van der Waals surface area contributed by atoms with E-state index in [9.17, 15) is 9.59 Å². The molecule has 152 valence electrons. The Morgan fingerprint density at radius 2 is 1.96 bits per heavy atom. The second kappa shape index (κ2) is 9.16. The van der Waals surface area contributed by atoms with Gasteiger partial charge in [0.2, 0.25) is 0 Å². The van der Waals surface area contributed by atoms with Crippen molar-refractivity contribution in [3.8, 4) is 0 Å². The fraction of sp³-hybridized carbons (Fsp3) is 0.500. The molecule has 1 aromatic rings. The van der Waals surface area contributed by atoms with E-state index in [1.165, 1.54) is 11.3 Å². The predicted octanol–water partition coefficient (Wildman–Crippen LogP) is 3.99. The van der Waals surface area contributed by atoms with Crippen LogP contribution in [-0.4, -0.2) is 55.1 Å².